The smallest absolute Gasteiger partial charge is 0.231 e. The molecule has 0 aromatic rings. The predicted molar refractivity (Wildman–Crippen MR) is 51.2 cm³/mol. The van der Waals surface area contributed by atoms with Crippen molar-refractivity contribution >= 4 is 15.7 Å². The van der Waals surface area contributed by atoms with Gasteiger partial charge in [-0.25, -0.2) is 8.42 Å². The molecule has 6 heteroatoms. The average molecular weight is 204 g/mol. The van der Waals surface area contributed by atoms with Crippen LogP contribution in [0.4, 0.5) is 0 Å². The number of nitrogens with one attached hydrogen (secondary N) is 1. The van der Waals surface area contributed by atoms with Crippen LogP contribution in [0.1, 0.15) is 0 Å². The highest BCUT2D eigenvalue weighted by Gasteiger charge is 2.05. The Hall–Kier alpha value is -1.30. The lowest BCUT2D eigenvalue weighted by Gasteiger charge is -2.09. The van der Waals surface area contributed by atoms with E-state index in [0.717, 1.165) is 16.6 Å². The molecule has 0 rings (SSSR count). The van der Waals surface area contributed by atoms with Gasteiger partial charge in [-0.2, -0.15) is 0 Å². The lowest BCUT2D eigenvalue weighted by atomic mass is 10.3. The molecule has 0 aliphatic carbocycles. The number of nitrogens with zero attached hydrogens (tertiary/aromatic N) is 1. The van der Waals surface area contributed by atoms with Crippen molar-refractivity contribution < 1.29 is 13.5 Å². The molecule has 0 saturated heterocycles. The van der Waals surface area contributed by atoms with Gasteiger partial charge >= 0.3 is 0 Å². The van der Waals surface area contributed by atoms with Crippen molar-refractivity contribution in [3.05, 3.63) is 24.6 Å². The van der Waals surface area contributed by atoms with Crippen LogP contribution in [0.15, 0.2) is 24.6 Å². The quantitative estimate of drug-likeness (QED) is 0.516. The van der Waals surface area contributed by atoms with E-state index in [1.807, 2.05) is 0 Å². The van der Waals surface area contributed by atoms with Crippen molar-refractivity contribution in [2.45, 2.75) is 0 Å². The molecule has 0 aliphatic rings. The van der Waals surface area contributed by atoms with Crippen molar-refractivity contribution in [2.24, 2.45) is 0 Å². The topological polar surface area (TPSA) is 81.5 Å². The summed E-state index contributed by atoms with van der Waals surface area (Å²) in [5.41, 5.74) is -0.226. The van der Waals surface area contributed by atoms with Gasteiger partial charge in [0, 0.05) is 13.2 Å². The van der Waals surface area contributed by atoms with E-state index in [1.165, 1.54) is 13.2 Å². The van der Waals surface area contributed by atoms with Crippen molar-refractivity contribution in [2.75, 3.05) is 13.3 Å². The number of sulfonamides is 1. The number of aliphatic hydroxyl groups excluding tert-OH is 1. The molecule has 0 aromatic heterocycles. The van der Waals surface area contributed by atoms with Gasteiger partial charge in [-0.05, 0) is 6.08 Å². The zero-order chi connectivity index (χ0) is 10.6. The fourth-order valence-corrected chi connectivity index (χ4v) is 0.668. The Morgan fingerprint density at radius 2 is 2.08 bits per heavy atom. The predicted octanol–water partition coefficient (Wildman–Crippen LogP) is 0.483. The van der Waals surface area contributed by atoms with Gasteiger partial charge < -0.3 is 5.11 Å². The highest BCUT2D eigenvalue weighted by molar-refractivity contribution is 7.88. The highest BCUT2D eigenvalue weighted by atomic mass is 32.2. The molecule has 0 radical (unpaired) electrons. The fraction of sp³-hybridized carbons (Fsp3) is 0.286. The molecule has 0 spiro atoms. The van der Waals surface area contributed by atoms with Gasteiger partial charge in [-0.3, -0.25) is 9.71 Å². The molecular formula is C7H12N2O3S. The summed E-state index contributed by atoms with van der Waals surface area (Å²) in [6.45, 7) is 3.11. The van der Waals surface area contributed by atoms with Gasteiger partial charge in [0.05, 0.1) is 12.0 Å². The van der Waals surface area contributed by atoms with E-state index in [9.17, 15) is 8.42 Å². The van der Waals surface area contributed by atoms with E-state index in [1.54, 1.807) is 0 Å². The molecular weight excluding hydrogens is 192 g/mol. The molecule has 0 atom stereocenters. The summed E-state index contributed by atoms with van der Waals surface area (Å²) < 4.78 is 22.6. The van der Waals surface area contributed by atoms with E-state index in [4.69, 9.17) is 10.5 Å². The molecule has 0 fully saturated rings. The number of allylic oxidation sites excluding steroid dienone is 1. The average Bonchev–Trinajstić information content (AvgIpc) is 1.97. The summed E-state index contributed by atoms with van der Waals surface area (Å²) in [6.07, 6.45) is 3.34. The van der Waals surface area contributed by atoms with Crippen molar-refractivity contribution in [1.82, 2.24) is 4.31 Å². The van der Waals surface area contributed by atoms with Crippen molar-refractivity contribution in [3.8, 4) is 0 Å². The van der Waals surface area contributed by atoms with Crippen LogP contribution in [0.3, 0.4) is 0 Å². The number of hydrogen-bond donors (Lipinski definition) is 2. The lowest BCUT2D eigenvalue weighted by molar-refractivity contribution is 0.446. The van der Waals surface area contributed by atoms with Gasteiger partial charge in [-0.15, -0.1) is 0 Å². The second-order valence-corrected chi connectivity index (χ2v) is 4.50. The van der Waals surface area contributed by atoms with Crippen LogP contribution in [0, 0.1) is 5.41 Å². The number of rotatable bonds is 4. The van der Waals surface area contributed by atoms with Crippen LogP contribution in [0.25, 0.3) is 0 Å². The first-order valence-corrected chi connectivity index (χ1v) is 5.18. The minimum absolute atomic E-state index is 0.226. The Kier molecular flexibility index (Phi) is 3.68. The summed E-state index contributed by atoms with van der Waals surface area (Å²) in [6, 6.07) is 0. The lowest BCUT2D eigenvalue weighted by Crippen LogP contribution is -2.19. The van der Waals surface area contributed by atoms with Gasteiger partial charge in [0.25, 0.3) is 0 Å². The van der Waals surface area contributed by atoms with Gasteiger partial charge in [0.1, 0.15) is 5.76 Å². The van der Waals surface area contributed by atoms with Gasteiger partial charge in [0.15, 0.2) is 0 Å². The molecule has 2 N–H and O–H groups in total. The molecule has 0 heterocycles. The molecule has 74 valence electrons. The summed E-state index contributed by atoms with van der Waals surface area (Å²) in [7, 11) is -1.95. The zero-order valence-electron chi connectivity index (χ0n) is 7.48. The van der Waals surface area contributed by atoms with Gasteiger partial charge in [0.2, 0.25) is 10.0 Å². The van der Waals surface area contributed by atoms with E-state index in [0.29, 0.717) is 0 Å². The maximum Gasteiger partial charge on any atom is 0.231 e. The second kappa shape index (κ2) is 4.08. The minimum atomic E-state index is -3.29. The Labute approximate surface area is 77.5 Å². The highest BCUT2D eigenvalue weighted by Crippen LogP contribution is 1.96. The minimum Gasteiger partial charge on any atom is -0.506 e. The van der Waals surface area contributed by atoms with E-state index in [-0.39, 0.29) is 5.71 Å². The molecule has 0 aliphatic heterocycles. The van der Waals surface area contributed by atoms with Gasteiger partial charge in [-0.1, -0.05) is 6.58 Å². The van der Waals surface area contributed by atoms with Crippen LogP contribution >= 0.6 is 0 Å². The summed E-state index contributed by atoms with van der Waals surface area (Å²) in [4.78, 5) is 0. The molecule has 0 bridgehead atoms. The molecule has 0 unspecified atom stereocenters. The monoisotopic (exact) mass is 204 g/mol. The van der Waals surface area contributed by atoms with Crippen LogP contribution in [-0.4, -0.2) is 36.8 Å². The number of aliphatic hydroxyl groups is 1. The summed E-state index contributed by atoms with van der Waals surface area (Å²) >= 11 is 0. The standard InChI is InChI=1S/C7H12N2O3S/c1-6(10)7(8)4-5-9(2)13(3,11)12/h4-5,8,10H,1H2,2-3H3/b5-4-,8-7?. The summed E-state index contributed by atoms with van der Waals surface area (Å²) in [5, 5.41) is 15.8. The SMILES string of the molecule is C=C(O)C(=N)/C=C\N(C)S(C)(=O)=O. The fourth-order valence-electron chi connectivity index (χ4n) is 0.386. The maximum atomic E-state index is 10.8. The first kappa shape index (κ1) is 11.7. The maximum absolute atomic E-state index is 10.8. The Morgan fingerprint density at radius 3 is 2.38 bits per heavy atom. The van der Waals surface area contributed by atoms with Crippen LogP contribution < -0.4 is 0 Å². The Morgan fingerprint density at radius 1 is 1.62 bits per heavy atom. The Balaban J connectivity index is 4.47. The van der Waals surface area contributed by atoms with Crippen LogP contribution in [-0.2, 0) is 10.0 Å². The molecule has 0 saturated carbocycles. The Bertz CT molecular complexity index is 343. The third kappa shape index (κ3) is 4.32. The van der Waals surface area contributed by atoms with E-state index >= 15 is 0 Å². The molecule has 0 aromatic carbocycles. The van der Waals surface area contributed by atoms with Crippen LogP contribution in [0.2, 0.25) is 0 Å². The van der Waals surface area contributed by atoms with Crippen molar-refractivity contribution in [3.63, 3.8) is 0 Å². The molecule has 5 nitrogen and oxygen atoms in total. The molecule has 0 amide bonds. The van der Waals surface area contributed by atoms with Crippen molar-refractivity contribution in [1.29, 1.82) is 5.41 Å². The number of hydrogen-bond acceptors (Lipinski definition) is 4. The molecule has 13 heavy (non-hydrogen) atoms. The third-order valence-electron chi connectivity index (χ3n) is 1.29. The largest absolute Gasteiger partial charge is 0.506 e. The normalized spacial score (nSPS) is 11.5. The van der Waals surface area contributed by atoms with E-state index in [2.05, 4.69) is 6.58 Å². The first-order valence-electron chi connectivity index (χ1n) is 3.33. The van der Waals surface area contributed by atoms with E-state index < -0.39 is 15.8 Å². The summed E-state index contributed by atoms with van der Waals surface area (Å²) in [5.74, 6) is -0.404. The second-order valence-electron chi connectivity index (χ2n) is 2.46. The zero-order valence-corrected chi connectivity index (χ0v) is 8.30. The van der Waals surface area contributed by atoms with Crippen LogP contribution in [0.5, 0.6) is 0 Å². The first-order chi connectivity index (χ1) is 5.75. The third-order valence-corrected chi connectivity index (χ3v) is 2.45.